The first-order valence-electron chi connectivity index (χ1n) is 7.57. The number of nitrogens with zero attached hydrogens (tertiary/aromatic N) is 1. The van der Waals surface area contributed by atoms with E-state index in [0.29, 0.717) is 18.5 Å². The van der Waals surface area contributed by atoms with Gasteiger partial charge in [0.2, 0.25) is 11.8 Å². The number of rotatable bonds is 3. The maximum Gasteiger partial charge on any atom is 0.285 e. The average molecular weight is 513 g/mol. The predicted molar refractivity (Wildman–Crippen MR) is 83.2 cm³/mol. The van der Waals surface area contributed by atoms with Crippen molar-refractivity contribution in [3.05, 3.63) is 41.9 Å². The number of piperidine rings is 1. The number of imide groups is 1. The predicted octanol–water partition coefficient (Wildman–Crippen LogP) is 0.0359. The second-order valence-electron chi connectivity index (χ2n) is 5.75. The molecule has 1 unspecified atom stereocenters. The zero-order valence-corrected chi connectivity index (χ0v) is 16.3. The Morgan fingerprint density at radius 1 is 1.32 bits per heavy atom. The van der Waals surface area contributed by atoms with Gasteiger partial charge in [0.25, 0.3) is 11.9 Å². The number of hydrogen-bond acceptors (Lipinski definition) is 4. The summed E-state index contributed by atoms with van der Waals surface area (Å²) in [7, 11) is 3.26. The normalized spacial score (nSPS) is 19.0. The Morgan fingerprint density at radius 3 is 2.76 bits per heavy atom. The standard InChI is InChI=1S/C16H17N4O4.W/c1-17-16(24)18-7-9-2-3-10-8-20(15(23)11(10)6-9)12-4-5-13(21)19-14(12)22;/h2-3,6,12H,1,4-5,7-8H2,(H2,17,18,24)(H,19,21,22);/q-1;. The first-order chi connectivity index (χ1) is 11.5. The fraction of sp³-hybridized carbons (Fsp3) is 0.312. The zero-order chi connectivity index (χ0) is 17.3. The summed E-state index contributed by atoms with van der Waals surface area (Å²) in [5.74, 6) is -0.971. The van der Waals surface area contributed by atoms with E-state index in [1.165, 1.54) is 4.90 Å². The molecule has 25 heavy (non-hydrogen) atoms. The van der Waals surface area contributed by atoms with Crippen LogP contribution in [0.25, 0.3) is 0 Å². The Hall–Kier alpha value is -2.21. The molecule has 3 rings (SSSR count). The molecule has 0 bridgehead atoms. The molecule has 0 aromatic heterocycles. The summed E-state index contributed by atoms with van der Waals surface area (Å²) in [5, 5.41) is 7.08. The van der Waals surface area contributed by atoms with E-state index in [1.807, 2.05) is 12.1 Å². The fourth-order valence-corrected chi connectivity index (χ4v) is 2.96. The molecule has 132 valence electrons. The van der Waals surface area contributed by atoms with E-state index in [2.05, 4.69) is 23.0 Å². The van der Waals surface area contributed by atoms with E-state index in [-0.39, 0.29) is 45.8 Å². The van der Waals surface area contributed by atoms with Gasteiger partial charge >= 0.3 is 0 Å². The van der Waals surface area contributed by atoms with E-state index in [0.717, 1.165) is 11.1 Å². The van der Waals surface area contributed by atoms with E-state index in [1.54, 1.807) is 6.07 Å². The molecule has 0 radical (unpaired) electrons. The molecule has 0 aliphatic carbocycles. The van der Waals surface area contributed by atoms with E-state index in [9.17, 15) is 19.2 Å². The minimum absolute atomic E-state index is 0. The number of carbonyl (C=O) groups is 4. The monoisotopic (exact) mass is 513 g/mol. The van der Waals surface area contributed by atoms with Crippen molar-refractivity contribution in [2.75, 3.05) is 0 Å². The molecular weight excluding hydrogens is 496 g/mol. The summed E-state index contributed by atoms with van der Waals surface area (Å²) in [6, 6.07) is 4.32. The molecule has 3 N–H and O–H groups in total. The molecule has 2 heterocycles. The summed E-state index contributed by atoms with van der Waals surface area (Å²) in [5.41, 5.74) is 2.12. The second-order valence-corrected chi connectivity index (χ2v) is 5.75. The number of fused-ring (bicyclic) bond motifs is 1. The largest absolute Gasteiger partial charge is 0.490 e. The molecule has 8 nitrogen and oxygen atoms in total. The van der Waals surface area contributed by atoms with Crippen LogP contribution in [0.2, 0.25) is 0 Å². The fourth-order valence-electron chi connectivity index (χ4n) is 2.96. The van der Waals surface area contributed by atoms with Crippen molar-refractivity contribution < 1.29 is 40.2 Å². The Balaban J connectivity index is 0.00000225. The molecule has 2 aliphatic heterocycles. The number of urea groups is 1. The molecule has 1 saturated heterocycles. The van der Waals surface area contributed by atoms with Gasteiger partial charge in [0.1, 0.15) is 6.04 Å². The third-order valence-corrected chi connectivity index (χ3v) is 4.21. The van der Waals surface area contributed by atoms with Crippen LogP contribution in [-0.2, 0) is 43.7 Å². The molecule has 1 aromatic rings. The molecule has 1 atom stereocenters. The van der Waals surface area contributed by atoms with Gasteiger partial charge in [-0.2, -0.15) is 0 Å². The smallest absolute Gasteiger partial charge is 0.285 e. The van der Waals surface area contributed by atoms with Crippen LogP contribution in [0.1, 0.15) is 34.3 Å². The summed E-state index contributed by atoms with van der Waals surface area (Å²) >= 11 is 0. The van der Waals surface area contributed by atoms with Crippen molar-refractivity contribution in [1.82, 2.24) is 20.9 Å². The van der Waals surface area contributed by atoms with Gasteiger partial charge in [-0.25, -0.2) is 0 Å². The van der Waals surface area contributed by atoms with Gasteiger partial charge in [0, 0.05) is 46.1 Å². The van der Waals surface area contributed by atoms with Gasteiger partial charge in [-0.15, -0.1) is 0 Å². The van der Waals surface area contributed by atoms with Crippen molar-refractivity contribution in [3.8, 4) is 0 Å². The number of carbonyl (C=O) groups excluding carboxylic acids is 4. The maximum atomic E-state index is 12.6. The molecule has 1 aromatic carbocycles. The Bertz CT molecular complexity index is 737. The zero-order valence-electron chi connectivity index (χ0n) is 13.3. The van der Waals surface area contributed by atoms with Crippen molar-refractivity contribution in [1.29, 1.82) is 0 Å². The van der Waals surface area contributed by atoms with E-state index < -0.39 is 18.0 Å². The van der Waals surface area contributed by atoms with Crippen LogP contribution in [0.4, 0.5) is 4.79 Å². The molecule has 9 heteroatoms. The summed E-state index contributed by atoms with van der Waals surface area (Å²) in [4.78, 5) is 48.5. The van der Waals surface area contributed by atoms with Gasteiger partial charge in [-0.1, -0.05) is 12.1 Å². The van der Waals surface area contributed by atoms with Gasteiger partial charge < -0.3 is 15.5 Å². The van der Waals surface area contributed by atoms with Crippen LogP contribution < -0.4 is 16.0 Å². The van der Waals surface area contributed by atoms with Gasteiger partial charge in [0.05, 0.1) is 0 Å². The van der Waals surface area contributed by atoms with Crippen LogP contribution >= 0.6 is 0 Å². The second kappa shape index (κ2) is 7.78. The first-order valence-corrected chi connectivity index (χ1v) is 7.57. The van der Waals surface area contributed by atoms with Crippen LogP contribution in [0.3, 0.4) is 0 Å². The topological polar surface area (TPSA) is 108 Å². The van der Waals surface area contributed by atoms with E-state index in [4.69, 9.17) is 0 Å². The minimum atomic E-state index is -0.624. The van der Waals surface area contributed by atoms with E-state index >= 15 is 0 Å². The average Bonchev–Trinajstić information content (AvgIpc) is 2.89. The Morgan fingerprint density at radius 2 is 2.08 bits per heavy atom. The summed E-state index contributed by atoms with van der Waals surface area (Å²) in [6.07, 6.45) is 0.564. The molecule has 0 saturated carbocycles. The van der Waals surface area contributed by atoms with Crippen molar-refractivity contribution >= 4 is 23.8 Å². The third kappa shape index (κ3) is 3.90. The quantitative estimate of drug-likeness (QED) is 0.392. The number of nitrogens with one attached hydrogen (secondary N) is 3. The number of amides is 5. The van der Waals surface area contributed by atoms with Crippen LogP contribution in [0, 0.1) is 7.05 Å². The van der Waals surface area contributed by atoms with Gasteiger partial charge in [0.15, 0.2) is 0 Å². The van der Waals surface area contributed by atoms with Crippen molar-refractivity contribution in [2.24, 2.45) is 0 Å². The van der Waals surface area contributed by atoms with Gasteiger partial charge in [-0.05, 0) is 23.6 Å². The molecule has 2 aliphatic rings. The van der Waals surface area contributed by atoms with Crippen molar-refractivity contribution in [2.45, 2.75) is 32.0 Å². The Labute approximate surface area is 159 Å². The van der Waals surface area contributed by atoms with Crippen LogP contribution in [-0.4, -0.2) is 34.7 Å². The Kier molecular flexibility index (Phi) is 5.95. The molecule has 1 fully saturated rings. The molecule has 0 spiro atoms. The molecular formula is C16H17N4O4W-. The summed E-state index contributed by atoms with van der Waals surface area (Å²) in [6.45, 7) is 0.605. The maximum absolute atomic E-state index is 12.6. The van der Waals surface area contributed by atoms with Gasteiger partial charge in [-0.3, -0.25) is 31.5 Å². The summed E-state index contributed by atoms with van der Waals surface area (Å²) < 4.78 is 0. The third-order valence-electron chi connectivity index (χ3n) is 4.21. The SMILES string of the molecule is [CH2-]NC(=O)NCc1ccc2c(c1)C(=O)N(C1CCC(=O)NC1=O)C2.[W]. The van der Waals surface area contributed by atoms with Crippen LogP contribution in [0.5, 0.6) is 0 Å². The minimum Gasteiger partial charge on any atom is -0.490 e. The van der Waals surface area contributed by atoms with Crippen molar-refractivity contribution in [3.63, 3.8) is 0 Å². The van der Waals surface area contributed by atoms with Crippen LogP contribution in [0.15, 0.2) is 18.2 Å². The number of benzene rings is 1. The molecule has 5 amide bonds. The first kappa shape index (κ1) is 19.1. The number of hydrogen-bond donors (Lipinski definition) is 3.